The highest BCUT2D eigenvalue weighted by Crippen LogP contribution is 2.33. The zero-order chi connectivity index (χ0) is 18.9. The number of likely N-dealkylation sites (N-methyl/N-ethyl adjacent to an activating group) is 1. The van der Waals surface area contributed by atoms with Crippen LogP contribution in [0.3, 0.4) is 0 Å². The molecule has 2 aromatic rings. The Balaban J connectivity index is 0.00000280. The Bertz CT molecular complexity index is 693. The Morgan fingerprint density at radius 3 is 2.79 bits per heavy atom. The van der Waals surface area contributed by atoms with Crippen molar-refractivity contribution < 1.29 is 4.74 Å². The maximum Gasteiger partial charge on any atom is 0.193 e. The van der Waals surface area contributed by atoms with Crippen molar-refractivity contribution in [3.8, 4) is 0 Å². The van der Waals surface area contributed by atoms with Crippen molar-refractivity contribution in [1.29, 1.82) is 0 Å². The minimum atomic E-state index is 0. The summed E-state index contributed by atoms with van der Waals surface area (Å²) in [5.41, 5.74) is 1.27. The molecule has 1 aliphatic rings. The number of halogens is 1. The first-order valence-electron chi connectivity index (χ1n) is 9.96. The number of rotatable bonds is 7. The van der Waals surface area contributed by atoms with E-state index in [-0.39, 0.29) is 30.1 Å². The van der Waals surface area contributed by atoms with E-state index in [0.29, 0.717) is 5.92 Å². The molecule has 0 spiro atoms. The molecule has 3 rings (SSSR count). The van der Waals surface area contributed by atoms with Crippen LogP contribution in [0, 0.1) is 5.92 Å². The van der Waals surface area contributed by atoms with Crippen LogP contribution < -0.4 is 5.32 Å². The van der Waals surface area contributed by atoms with E-state index in [1.807, 2.05) is 11.3 Å². The number of hydrogen-bond donors (Lipinski definition) is 1. The molecule has 1 N–H and O–H groups in total. The van der Waals surface area contributed by atoms with Gasteiger partial charge in [-0.15, -0.1) is 35.3 Å². The lowest BCUT2D eigenvalue weighted by molar-refractivity contribution is -0.0250. The van der Waals surface area contributed by atoms with Crippen LogP contribution in [0.5, 0.6) is 0 Å². The van der Waals surface area contributed by atoms with Crippen LogP contribution in [-0.4, -0.2) is 44.1 Å². The van der Waals surface area contributed by atoms with Crippen LogP contribution >= 0.6 is 35.3 Å². The first-order chi connectivity index (χ1) is 13.3. The average Bonchev–Trinajstić information content (AvgIpc) is 3.24. The van der Waals surface area contributed by atoms with Gasteiger partial charge in [-0.05, 0) is 43.2 Å². The summed E-state index contributed by atoms with van der Waals surface area (Å²) in [6.07, 6.45) is 3.50. The zero-order valence-electron chi connectivity index (χ0n) is 16.8. The summed E-state index contributed by atoms with van der Waals surface area (Å²) in [4.78, 5) is 8.63. The molecular weight excluding hydrogens is 481 g/mol. The third-order valence-electron chi connectivity index (χ3n) is 5.02. The van der Waals surface area contributed by atoms with E-state index in [1.54, 1.807) is 0 Å². The first-order valence-corrected chi connectivity index (χ1v) is 10.8. The number of benzene rings is 1. The van der Waals surface area contributed by atoms with E-state index >= 15 is 0 Å². The Morgan fingerprint density at radius 1 is 1.25 bits per heavy atom. The predicted octanol–water partition coefficient (Wildman–Crippen LogP) is 4.97. The number of nitrogens with zero attached hydrogens (tertiary/aromatic N) is 2. The molecule has 154 valence electrons. The minimum Gasteiger partial charge on any atom is -0.373 e. The Morgan fingerprint density at radius 2 is 2.07 bits per heavy atom. The summed E-state index contributed by atoms with van der Waals surface area (Å²) in [6.45, 7) is 5.62. The molecule has 28 heavy (non-hydrogen) atoms. The summed E-state index contributed by atoms with van der Waals surface area (Å²) in [5.74, 6) is 1.42. The lowest BCUT2D eigenvalue weighted by atomic mass is 9.89. The maximum atomic E-state index is 6.12. The van der Waals surface area contributed by atoms with E-state index in [2.05, 4.69) is 72.0 Å². The number of aliphatic imine (C=N–C) groups is 1. The monoisotopic (exact) mass is 513 g/mol. The molecule has 0 radical (unpaired) electrons. The molecule has 2 heterocycles. The van der Waals surface area contributed by atoms with E-state index in [4.69, 9.17) is 9.73 Å². The number of thiophene rings is 1. The third-order valence-corrected chi connectivity index (χ3v) is 5.95. The van der Waals surface area contributed by atoms with Crippen molar-refractivity contribution >= 4 is 41.3 Å². The van der Waals surface area contributed by atoms with Gasteiger partial charge in [-0.1, -0.05) is 36.4 Å². The van der Waals surface area contributed by atoms with E-state index in [1.165, 1.54) is 16.9 Å². The quantitative estimate of drug-likeness (QED) is 0.323. The van der Waals surface area contributed by atoms with E-state index in [9.17, 15) is 0 Å². The van der Waals surface area contributed by atoms with Gasteiger partial charge < -0.3 is 15.0 Å². The second-order valence-corrected chi connectivity index (χ2v) is 8.08. The van der Waals surface area contributed by atoms with E-state index < -0.39 is 0 Å². The van der Waals surface area contributed by atoms with Gasteiger partial charge in [-0.25, -0.2) is 0 Å². The molecule has 2 atom stereocenters. The number of ether oxygens (including phenoxy) is 1. The molecule has 1 aromatic heterocycles. The molecule has 4 nitrogen and oxygen atoms in total. The second kappa shape index (κ2) is 12.4. The van der Waals surface area contributed by atoms with Crippen molar-refractivity contribution in [3.63, 3.8) is 0 Å². The number of nitrogens with one attached hydrogen (secondary N) is 1. The molecular formula is C22H32IN3OS. The van der Waals surface area contributed by atoms with Gasteiger partial charge in [0.25, 0.3) is 0 Å². The van der Waals surface area contributed by atoms with Crippen LogP contribution in [0.2, 0.25) is 0 Å². The molecule has 2 unspecified atom stereocenters. The molecule has 1 aliphatic heterocycles. The molecule has 0 amide bonds. The van der Waals surface area contributed by atoms with Gasteiger partial charge in [0.15, 0.2) is 5.96 Å². The van der Waals surface area contributed by atoms with Crippen molar-refractivity contribution in [2.75, 3.05) is 33.3 Å². The highest BCUT2D eigenvalue weighted by molar-refractivity contribution is 14.0. The fraction of sp³-hybridized carbons (Fsp3) is 0.500. The third kappa shape index (κ3) is 6.74. The summed E-state index contributed by atoms with van der Waals surface area (Å²) >= 11 is 1.82. The predicted molar refractivity (Wildman–Crippen MR) is 130 cm³/mol. The molecule has 0 aliphatic carbocycles. The number of guanidine groups is 1. The standard InChI is InChI=1S/C22H31N3OS.HI/c1-3-23-22(25(2)14-13-20-12-8-16-27-20)24-17-19-11-7-15-26-21(19)18-9-5-4-6-10-18;/h4-6,8-10,12,16,19,21H,3,7,11,13-15,17H2,1-2H3,(H,23,24);1H. The number of hydrogen-bond acceptors (Lipinski definition) is 3. The smallest absolute Gasteiger partial charge is 0.193 e. The van der Waals surface area contributed by atoms with Crippen LogP contribution in [0.15, 0.2) is 52.8 Å². The van der Waals surface area contributed by atoms with Gasteiger partial charge in [-0.3, -0.25) is 4.99 Å². The second-order valence-electron chi connectivity index (χ2n) is 7.05. The molecule has 0 bridgehead atoms. The topological polar surface area (TPSA) is 36.9 Å². The Hall–Kier alpha value is -1.12. The van der Waals surface area contributed by atoms with Crippen molar-refractivity contribution in [3.05, 3.63) is 58.3 Å². The molecule has 1 fully saturated rings. The van der Waals surface area contributed by atoms with E-state index in [0.717, 1.165) is 45.0 Å². The SMILES string of the molecule is CCNC(=NCC1CCCOC1c1ccccc1)N(C)CCc1cccs1.I. The van der Waals surface area contributed by atoms with Crippen molar-refractivity contribution in [1.82, 2.24) is 10.2 Å². The van der Waals surface area contributed by atoms with Gasteiger partial charge >= 0.3 is 0 Å². The minimum absolute atomic E-state index is 0. The van der Waals surface area contributed by atoms with Gasteiger partial charge in [0.05, 0.1) is 6.10 Å². The largest absolute Gasteiger partial charge is 0.373 e. The summed E-state index contributed by atoms with van der Waals surface area (Å²) in [6, 6.07) is 14.9. The Kier molecular flexibility index (Phi) is 10.3. The molecule has 1 aromatic carbocycles. The Labute approximate surface area is 190 Å². The van der Waals surface area contributed by atoms with Crippen molar-refractivity contribution in [2.45, 2.75) is 32.3 Å². The van der Waals surface area contributed by atoms with Gasteiger partial charge in [0.1, 0.15) is 0 Å². The zero-order valence-corrected chi connectivity index (χ0v) is 20.0. The summed E-state index contributed by atoms with van der Waals surface area (Å²) < 4.78 is 6.12. The lowest BCUT2D eigenvalue weighted by Crippen LogP contribution is -2.40. The fourth-order valence-corrected chi connectivity index (χ4v) is 4.25. The normalized spacial score (nSPS) is 19.7. The fourth-order valence-electron chi connectivity index (χ4n) is 3.55. The van der Waals surface area contributed by atoms with Crippen LogP contribution in [-0.2, 0) is 11.2 Å². The van der Waals surface area contributed by atoms with Gasteiger partial charge in [-0.2, -0.15) is 0 Å². The van der Waals surface area contributed by atoms with Crippen molar-refractivity contribution in [2.24, 2.45) is 10.9 Å². The van der Waals surface area contributed by atoms with Crippen LogP contribution in [0.25, 0.3) is 0 Å². The molecule has 1 saturated heterocycles. The van der Waals surface area contributed by atoms with Gasteiger partial charge in [0.2, 0.25) is 0 Å². The summed E-state index contributed by atoms with van der Waals surface area (Å²) in [7, 11) is 2.13. The lowest BCUT2D eigenvalue weighted by Gasteiger charge is -2.32. The highest BCUT2D eigenvalue weighted by atomic mass is 127. The highest BCUT2D eigenvalue weighted by Gasteiger charge is 2.27. The average molecular weight is 513 g/mol. The van der Waals surface area contributed by atoms with Crippen LogP contribution in [0.1, 0.15) is 36.3 Å². The summed E-state index contributed by atoms with van der Waals surface area (Å²) in [5, 5.41) is 5.59. The van der Waals surface area contributed by atoms with Gasteiger partial charge in [0, 0.05) is 44.1 Å². The maximum absolute atomic E-state index is 6.12. The van der Waals surface area contributed by atoms with Crippen LogP contribution in [0.4, 0.5) is 0 Å². The molecule has 6 heteroatoms. The first kappa shape index (κ1) is 23.2. The molecule has 0 saturated carbocycles.